The van der Waals surface area contributed by atoms with Gasteiger partial charge in [0.2, 0.25) is 0 Å². The highest BCUT2D eigenvalue weighted by Crippen LogP contribution is 2.45. The Hall–Kier alpha value is -0.0800. The summed E-state index contributed by atoms with van der Waals surface area (Å²) in [6, 6.07) is 0. The second-order valence-electron chi connectivity index (χ2n) is 8.28. The average molecular weight is 278 g/mol. The largest absolute Gasteiger partial charge is 0.316 e. The van der Waals surface area contributed by atoms with Crippen LogP contribution in [0.5, 0.6) is 0 Å². The second-order valence-corrected chi connectivity index (χ2v) is 8.28. The minimum absolute atomic E-state index is 0.553. The predicted molar refractivity (Wildman–Crippen MR) is 85.9 cm³/mol. The summed E-state index contributed by atoms with van der Waals surface area (Å²) in [5, 5.41) is 3.61. The summed E-state index contributed by atoms with van der Waals surface area (Å²) < 4.78 is 0. The van der Waals surface area contributed by atoms with E-state index in [2.05, 4.69) is 24.1 Å². The smallest absolute Gasteiger partial charge is 0.00531 e. The third-order valence-electron chi connectivity index (χ3n) is 6.87. The van der Waals surface area contributed by atoms with Crippen LogP contribution in [-0.2, 0) is 0 Å². The highest BCUT2D eigenvalue weighted by Gasteiger charge is 2.41. The quantitative estimate of drug-likeness (QED) is 0.847. The standard InChI is InChI=1S/C18H34N2/c1-16(2)18(8-11-19-14-18)15-20-12-9-17(10-13-20)6-4-3-5-7-17/h16,19H,3-15H2,1-2H3. The summed E-state index contributed by atoms with van der Waals surface area (Å²) in [5.41, 5.74) is 1.31. The molecule has 0 aromatic rings. The lowest BCUT2D eigenvalue weighted by atomic mass is 9.67. The van der Waals surface area contributed by atoms with Gasteiger partial charge in [0, 0.05) is 13.1 Å². The molecule has 0 bridgehead atoms. The fraction of sp³-hybridized carbons (Fsp3) is 1.00. The van der Waals surface area contributed by atoms with Gasteiger partial charge in [0.05, 0.1) is 0 Å². The van der Waals surface area contributed by atoms with Crippen LogP contribution < -0.4 is 5.32 Å². The Kier molecular flexibility index (Phi) is 4.42. The molecule has 116 valence electrons. The lowest BCUT2D eigenvalue weighted by Crippen LogP contribution is -2.48. The minimum Gasteiger partial charge on any atom is -0.316 e. The first kappa shape index (κ1) is 14.8. The van der Waals surface area contributed by atoms with Crippen molar-refractivity contribution in [3.63, 3.8) is 0 Å². The van der Waals surface area contributed by atoms with Crippen molar-refractivity contribution in [3.8, 4) is 0 Å². The van der Waals surface area contributed by atoms with Crippen molar-refractivity contribution in [2.45, 2.75) is 65.2 Å². The zero-order valence-electron chi connectivity index (χ0n) is 13.7. The van der Waals surface area contributed by atoms with Gasteiger partial charge >= 0.3 is 0 Å². The highest BCUT2D eigenvalue weighted by molar-refractivity contribution is 4.95. The van der Waals surface area contributed by atoms with Crippen LogP contribution in [0.1, 0.15) is 65.2 Å². The molecule has 3 aliphatic rings. The van der Waals surface area contributed by atoms with Gasteiger partial charge in [-0.15, -0.1) is 0 Å². The number of hydrogen-bond acceptors (Lipinski definition) is 2. The Bertz CT molecular complexity index is 301. The number of likely N-dealkylation sites (tertiary alicyclic amines) is 1. The summed E-state index contributed by atoms with van der Waals surface area (Å²) in [5.74, 6) is 0.808. The van der Waals surface area contributed by atoms with Gasteiger partial charge in [-0.3, -0.25) is 0 Å². The van der Waals surface area contributed by atoms with Crippen LogP contribution in [0.2, 0.25) is 0 Å². The SMILES string of the molecule is CC(C)C1(CN2CCC3(CCCCC3)CC2)CCNC1. The molecule has 1 atom stereocenters. The van der Waals surface area contributed by atoms with Crippen molar-refractivity contribution in [2.75, 3.05) is 32.7 Å². The normalized spacial score (nSPS) is 35.0. The van der Waals surface area contributed by atoms with E-state index in [9.17, 15) is 0 Å². The molecule has 1 spiro atoms. The van der Waals surface area contributed by atoms with Crippen LogP contribution >= 0.6 is 0 Å². The number of rotatable bonds is 3. The van der Waals surface area contributed by atoms with Gasteiger partial charge < -0.3 is 10.2 Å². The average Bonchev–Trinajstić information content (AvgIpc) is 2.93. The molecule has 2 heteroatoms. The van der Waals surface area contributed by atoms with Crippen molar-refractivity contribution < 1.29 is 0 Å². The van der Waals surface area contributed by atoms with Crippen molar-refractivity contribution in [2.24, 2.45) is 16.7 Å². The molecule has 1 aliphatic carbocycles. The van der Waals surface area contributed by atoms with Crippen molar-refractivity contribution >= 4 is 0 Å². The van der Waals surface area contributed by atoms with Crippen LogP contribution in [0.15, 0.2) is 0 Å². The van der Waals surface area contributed by atoms with E-state index in [0.29, 0.717) is 5.41 Å². The Morgan fingerprint density at radius 3 is 2.20 bits per heavy atom. The van der Waals surface area contributed by atoms with Gasteiger partial charge in [0.1, 0.15) is 0 Å². The molecule has 20 heavy (non-hydrogen) atoms. The summed E-state index contributed by atoms with van der Waals surface area (Å²) in [4.78, 5) is 2.80. The maximum atomic E-state index is 3.61. The minimum atomic E-state index is 0.553. The molecule has 2 nitrogen and oxygen atoms in total. The molecular formula is C18H34N2. The lowest BCUT2D eigenvalue weighted by molar-refractivity contribution is 0.0338. The van der Waals surface area contributed by atoms with E-state index in [1.807, 2.05) is 0 Å². The zero-order valence-corrected chi connectivity index (χ0v) is 13.7. The predicted octanol–water partition coefficient (Wildman–Crippen LogP) is 3.67. The molecule has 2 heterocycles. The number of nitrogens with one attached hydrogen (secondary N) is 1. The van der Waals surface area contributed by atoms with E-state index >= 15 is 0 Å². The van der Waals surface area contributed by atoms with Gasteiger partial charge in [-0.25, -0.2) is 0 Å². The highest BCUT2D eigenvalue weighted by atomic mass is 15.1. The maximum absolute atomic E-state index is 3.61. The molecular weight excluding hydrogens is 244 g/mol. The monoisotopic (exact) mass is 278 g/mol. The van der Waals surface area contributed by atoms with Crippen LogP contribution in [0.4, 0.5) is 0 Å². The summed E-state index contributed by atoms with van der Waals surface area (Å²) in [6.45, 7) is 11.4. The molecule has 0 amide bonds. The van der Waals surface area contributed by atoms with Gasteiger partial charge in [-0.05, 0) is 68.5 Å². The van der Waals surface area contributed by atoms with E-state index in [1.165, 1.54) is 84.1 Å². The molecule has 1 unspecified atom stereocenters. The summed E-state index contributed by atoms with van der Waals surface area (Å²) >= 11 is 0. The Morgan fingerprint density at radius 2 is 1.65 bits per heavy atom. The van der Waals surface area contributed by atoms with E-state index in [4.69, 9.17) is 0 Å². The molecule has 1 saturated carbocycles. The van der Waals surface area contributed by atoms with Crippen molar-refractivity contribution in [3.05, 3.63) is 0 Å². The first-order valence-electron chi connectivity index (χ1n) is 9.07. The molecule has 0 radical (unpaired) electrons. The fourth-order valence-corrected chi connectivity index (χ4v) is 5.01. The molecule has 3 rings (SSSR count). The molecule has 1 N–H and O–H groups in total. The molecule has 3 fully saturated rings. The Morgan fingerprint density at radius 1 is 0.950 bits per heavy atom. The second kappa shape index (κ2) is 5.96. The zero-order chi connectivity index (χ0) is 14.1. The first-order chi connectivity index (χ1) is 9.64. The van der Waals surface area contributed by atoms with Gasteiger partial charge in [0.25, 0.3) is 0 Å². The third kappa shape index (κ3) is 2.92. The van der Waals surface area contributed by atoms with Crippen LogP contribution in [0.25, 0.3) is 0 Å². The van der Waals surface area contributed by atoms with E-state index < -0.39 is 0 Å². The van der Waals surface area contributed by atoms with E-state index in [0.717, 1.165) is 11.3 Å². The third-order valence-corrected chi connectivity index (χ3v) is 6.87. The first-order valence-corrected chi connectivity index (χ1v) is 9.07. The molecule has 0 aromatic heterocycles. The van der Waals surface area contributed by atoms with Crippen molar-refractivity contribution in [1.82, 2.24) is 10.2 Å². The van der Waals surface area contributed by atoms with Gasteiger partial charge in [-0.1, -0.05) is 33.1 Å². The molecule has 2 saturated heterocycles. The fourth-order valence-electron chi connectivity index (χ4n) is 5.01. The number of piperidine rings is 1. The maximum Gasteiger partial charge on any atom is 0.00531 e. The van der Waals surface area contributed by atoms with E-state index in [1.54, 1.807) is 0 Å². The van der Waals surface area contributed by atoms with E-state index in [-0.39, 0.29) is 0 Å². The van der Waals surface area contributed by atoms with Crippen LogP contribution in [-0.4, -0.2) is 37.6 Å². The molecule has 0 aromatic carbocycles. The van der Waals surface area contributed by atoms with Crippen LogP contribution in [0, 0.1) is 16.7 Å². The van der Waals surface area contributed by atoms with Crippen LogP contribution in [0.3, 0.4) is 0 Å². The topological polar surface area (TPSA) is 15.3 Å². The number of hydrogen-bond donors (Lipinski definition) is 1. The summed E-state index contributed by atoms with van der Waals surface area (Å²) in [6.07, 6.45) is 11.9. The lowest BCUT2D eigenvalue weighted by Gasteiger charge is -2.47. The number of nitrogens with zero attached hydrogens (tertiary/aromatic N) is 1. The van der Waals surface area contributed by atoms with Crippen molar-refractivity contribution in [1.29, 1.82) is 0 Å². The van der Waals surface area contributed by atoms with Gasteiger partial charge in [0.15, 0.2) is 0 Å². The summed E-state index contributed by atoms with van der Waals surface area (Å²) in [7, 11) is 0. The Balaban J connectivity index is 1.55. The Labute approximate surface area is 125 Å². The molecule has 2 aliphatic heterocycles. The van der Waals surface area contributed by atoms with Gasteiger partial charge in [-0.2, -0.15) is 0 Å².